The van der Waals surface area contributed by atoms with Gasteiger partial charge >= 0.3 is 0 Å². The Morgan fingerprint density at radius 2 is 1.48 bits per heavy atom. The molecule has 4 aromatic carbocycles. The smallest absolute Gasteiger partial charge is 0.277 e. The Bertz CT molecular complexity index is 1220. The monoisotopic (exact) mass is 406 g/mol. The fraction of sp³-hybridized carbons (Fsp3) is 0.0370. The normalized spacial score (nSPS) is 11.5. The Kier molecular flexibility index (Phi) is 6.51. The average Bonchev–Trinajstić information content (AvgIpc) is 2.84. The summed E-state index contributed by atoms with van der Waals surface area (Å²) >= 11 is 0. The van der Waals surface area contributed by atoms with Crippen LogP contribution in [0.3, 0.4) is 0 Å². The minimum atomic E-state index is -0.324. The molecule has 152 valence electrons. The maximum atomic E-state index is 12.3. The van der Waals surface area contributed by atoms with E-state index in [1.54, 1.807) is 0 Å². The van der Waals surface area contributed by atoms with Crippen LogP contribution in [0.25, 0.3) is 16.8 Å². The van der Waals surface area contributed by atoms with Crippen LogP contribution in [0.2, 0.25) is 0 Å². The second-order valence-corrected chi connectivity index (χ2v) is 6.94. The zero-order valence-electron chi connectivity index (χ0n) is 16.9. The third kappa shape index (κ3) is 5.67. The van der Waals surface area contributed by atoms with Gasteiger partial charge in [0, 0.05) is 5.56 Å². The van der Waals surface area contributed by atoms with Crippen molar-refractivity contribution >= 4 is 28.5 Å². The van der Waals surface area contributed by atoms with Crippen molar-refractivity contribution in [2.24, 2.45) is 5.10 Å². The lowest BCUT2D eigenvalue weighted by molar-refractivity contribution is -0.123. The summed E-state index contributed by atoms with van der Waals surface area (Å²) in [5.41, 5.74) is 5.21. The molecule has 1 amide bonds. The van der Waals surface area contributed by atoms with Gasteiger partial charge in [-0.3, -0.25) is 4.79 Å². The Balaban J connectivity index is 1.43. The van der Waals surface area contributed by atoms with E-state index in [1.165, 1.54) is 0 Å². The van der Waals surface area contributed by atoms with Crippen molar-refractivity contribution in [1.29, 1.82) is 0 Å². The van der Waals surface area contributed by atoms with Crippen LogP contribution < -0.4 is 10.2 Å². The highest BCUT2D eigenvalue weighted by molar-refractivity contribution is 6.11. The van der Waals surface area contributed by atoms with Gasteiger partial charge in [-0.1, -0.05) is 97.1 Å². The first-order valence-corrected chi connectivity index (χ1v) is 10.0. The van der Waals surface area contributed by atoms with E-state index in [2.05, 4.69) is 10.5 Å². The molecule has 31 heavy (non-hydrogen) atoms. The van der Waals surface area contributed by atoms with E-state index in [9.17, 15) is 4.79 Å². The Labute approximate surface area is 181 Å². The second kappa shape index (κ2) is 10.0. The predicted octanol–water partition coefficient (Wildman–Crippen LogP) is 5.45. The molecular weight excluding hydrogens is 384 g/mol. The topological polar surface area (TPSA) is 50.7 Å². The highest BCUT2D eigenvalue weighted by Gasteiger charge is 2.05. The molecule has 0 aliphatic rings. The van der Waals surface area contributed by atoms with Gasteiger partial charge in [0.1, 0.15) is 5.75 Å². The molecule has 0 saturated carbocycles. The number of ether oxygens (including phenoxy) is 1. The molecule has 4 rings (SSSR count). The number of hydrogen-bond acceptors (Lipinski definition) is 3. The Morgan fingerprint density at radius 3 is 2.26 bits per heavy atom. The lowest BCUT2D eigenvalue weighted by Gasteiger charge is -2.07. The number of rotatable bonds is 7. The van der Waals surface area contributed by atoms with Gasteiger partial charge in [-0.05, 0) is 34.5 Å². The molecule has 4 heteroatoms. The summed E-state index contributed by atoms with van der Waals surface area (Å²) in [5, 5.41) is 6.51. The number of hydrogen-bond donors (Lipinski definition) is 1. The van der Waals surface area contributed by atoms with Gasteiger partial charge in [0.2, 0.25) is 0 Å². The summed E-state index contributed by atoms with van der Waals surface area (Å²) in [4.78, 5) is 12.3. The zero-order valence-corrected chi connectivity index (χ0v) is 16.9. The largest absolute Gasteiger partial charge is 0.484 e. The van der Waals surface area contributed by atoms with Crippen LogP contribution >= 0.6 is 0 Å². The van der Waals surface area contributed by atoms with Crippen LogP contribution in [-0.4, -0.2) is 18.2 Å². The van der Waals surface area contributed by atoms with E-state index in [-0.39, 0.29) is 12.5 Å². The van der Waals surface area contributed by atoms with Gasteiger partial charge < -0.3 is 4.74 Å². The first-order valence-electron chi connectivity index (χ1n) is 10.0. The molecule has 1 N–H and O–H groups in total. The quantitative estimate of drug-likeness (QED) is 0.328. The second-order valence-electron chi connectivity index (χ2n) is 6.94. The molecule has 0 aliphatic heterocycles. The molecule has 0 aliphatic carbocycles. The van der Waals surface area contributed by atoms with Crippen LogP contribution in [0, 0.1) is 0 Å². The molecule has 0 saturated heterocycles. The van der Waals surface area contributed by atoms with Gasteiger partial charge in [-0.15, -0.1) is 0 Å². The molecule has 0 fully saturated rings. The number of benzene rings is 4. The van der Waals surface area contributed by atoms with Crippen molar-refractivity contribution in [2.75, 3.05) is 6.61 Å². The number of hydrazone groups is 1. The van der Waals surface area contributed by atoms with E-state index in [1.807, 2.05) is 115 Å². The lowest BCUT2D eigenvalue weighted by Crippen LogP contribution is -2.25. The number of fused-ring (bicyclic) bond motifs is 1. The van der Waals surface area contributed by atoms with Crippen LogP contribution in [0.5, 0.6) is 5.75 Å². The van der Waals surface area contributed by atoms with E-state index in [0.29, 0.717) is 11.5 Å². The van der Waals surface area contributed by atoms with E-state index < -0.39 is 0 Å². The molecule has 0 atom stereocenters. The minimum Gasteiger partial charge on any atom is -0.484 e. The predicted molar refractivity (Wildman–Crippen MR) is 126 cm³/mol. The maximum Gasteiger partial charge on any atom is 0.277 e. The van der Waals surface area contributed by atoms with Crippen LogP contribution in [0.4, 0.5) is 0 Å². The van der Waals surface area contributed by atoms with E-state index >= 15 is 0 Å². The summed E-state index contributed by atoms with van der Waals surface area (Å²) in [6, 6.07) is 33.4. The summed E-state index contributed by atoms with van der Waals surface area (Å²) < 4.78 is 5.64. The molecule has 0 bridgehead atoms. The number of amides is 1. The van der Waals surface area contributed by atoms with Crippen LogP contribution in [-0.2, 0) is 4.79 Å². The molecule has 4 nitrogen and oxygen atoms in total. The number of carbonyl (C=O) groups is 1. The third-order valence-corrected chi connectivity index (χ3v) is 4.69. The summed E-state index contributed by atoms with van der Waals surface area (Å²) in [7, 11) is 0. The Morgan fingerprint density at radius 1 is 0.806 bits per heavy atom. The fourth-order valence-electron chi connectivity index (χ4n) is 3.11. The number of nitrogens with zero attached hydrogens (tertiary/aromatic N) is 1. The number of allylic oxidation sites excluding steroid dienone is 1. The van der Waals surface area contributed by atoms with Crippen LogP contribution in [0.1, 0.15) is 11.1 Å². The summed E-state index contributed by atoms with van der Waals surface area (Å²) in [5.74, 6) is 0.319. The third-order valence-electron chi connectivity index (χ3n) is 4.69. The van der Waals surface area contributed by atoms with Gasteiger partial charge in [0.15, 0.2) is 6.61 Å². The van der Waals surface area contributed by atoms with Crippen molar-refractivity contribution in [2.45, 2.75) is 0 Å². The van der Waals surface area contributed by atoms with E-state index in [0.717, 1.165) is 21.9 Å². The van der Waals surface area contributed by atoms with E-state index in [4.69, 9.17) is 4.74 Å². The summed E-state index contributed by atoms with van der Waals surface area (Å²) in [6.07, 6.45) is 3.85. The Hall–Kier alpha value is -4.18. The van der Waals surface area contributed by atoms with Gasteiger partial charge in [0.25, 0.3) is 5.91 Å². The standard InChI is InChI=1S/C27H22N2O2/c30-27(20-31-25-17-16-22-11-7-8-14-24(22)19-25)29-28-26(23-12-5-2-6-13-23)18-15-21-9-3-1-4-10-21/h1-19H,20H2,(H,29,30)/b18-15-,28-26?. The first-order chi connectivity index (χ1) is 15.3. The van der Waals surface area contributed by atoms with Crippen LogP contribution in [0.15, 0.2) is 114 Å². The highest BCUT2D eigenvalue weighted by atomic mass is 16.5. The number of carbonyl (C=O) groups excluding carboxylic acids is 1. The van der Waals surface area contributed by atoms with Gasteiger partial charge in [0.05, 0.1) is 5.71 Å². The molecular formula is C27H22N2O2. The molecule has 0 unspecified atom stereocenters. The van der Waals surface area contributed by atoms with Crippen molar-refractivity contribution in [3.05, 3.63) is 120 Å². The lowest BCUT2D eigenvalue weighted by atomic mass is 10.1. The molecule has 4 aromatic rings. The highest BCUT2D eigenvalue weighted by Crippen LogP contribution is 2.20. The molecule has 0 heterocycles. The first kappa shape index (κ1) is 20.1. The van der Waals surface area contributed by atoms with Crippen molar-refractivity contribution in [3.8, 4) is 5.75 Å². The average molecular weight is 406 g/mol. The maximum absolute atomic E-state index is 12.3. The molecule has 0 aromatic heterocycles. The summed E-state index contributed by atoms with van der Waals surface area (Å²) in [6.45, 7) is -0.119. The number of nitrogens with one attached hydrogen (secondary N) is 1. The van der Waals surface area contributed by atoms with Gasteiger partial charge in [-0.25, -0.2) is 5.43 Å². The SMILES string of the molecule is O=C(COc1ccc2ccccc2c1)NN=C(/C=C\c1ccccc1)c1ccccc1. The zero-order chi connectivity index (χ0) is 21.3. The van der Waals surface area contributed by atoms with Crippen molar-refractivity contribution < 1.29 is 9.53 Å². The van der Waals surface area contributed by atoms with Gasteiger partial charge in [-0.2, -0.15) is 5.10 Å². The minimum absolute atomic E-state index is 0.119. The van der Waals surface area contributed by atoms with Crippen molar-refractivity contribution in [1.82, 2.24) is 5.43 Å². The molecule has 0 spiro atoms. The van der Waals surface area contributed by atoms with Crippen molar-refractivity contribution in [3.63, 3.8) is 0 Å². The fourth-order valence-corrected chi connectivity index (χ4v) is 3.11. The molecule has 0 radical (unpaired) electrons.